The highest BCUT2D eigenvalue weighted by atomic mass is 32.2. The third-order valence-electron chi connectivity index (χ3n) is 4.45. The molecule has 8 heteroatoms. The maximum Gasteiger partial charge on any atom is 0.271 e. The Labute approximate surface area is 154 Å². The first-order valence-corrected chi connectivity index (χ1v) is 10.1. The fraction of sp³-hybridized carbons (Fsp3) is 0.444. The molecule has 1 N–H and O–H groups in total. The molecule has 140 valence electrons. The summed E-state index contributed by atoms with van der Waals surface area (Å²) >= 11 is 0. The number of aromatic nitrogens is 2. The standard InChI is InChI=1S/C18H24N4O3S/c1-12(2)19-18(23)16-11-21-9-10-22(14(4)17(21)20-16)26(24,25)15-7-5-13(3)6-8-15/h5-8,11-12,14H,9-10H2,1-4H3,(H,19,23)/t14-/m1/s1. The van der Waals surface area contributed by atoms with E-state index in [0.29, 0.717) is 24.6 Å². The van der Waals surface area contributed by atoms with Crippen molar-refractivity contribution >= 4 is 15.9 Å². The largest absolute Gasteiger partial charge is 0.348 e. The van der Waals surface area contributed by atoms with Crippen molar-refractivity contribution in [1.29, 1.82) is 0 Å². The lowest BCUT2D eigenvalue weighted by Gasteiger charge is -2.32. The lowest BCUT2D eigenvalue weighted by molar-refractivity contribution is 0.0938. The highest BCUT2D eigenvalue weighted by molar-refractivity contribution is 7.89. The fourth-order valence-electron chi connectivity index (χ4n) is 3.09. The van der Waals surface area contributed by atoms with Crippen molar-refractivity contribution < 1.29 is 13.2 Å². The molecule has 0 saturated carbocycles. The number of rotatable bonds is 4. The highest BCUT2D eigenvalue weighted by Crippen LogP contribution is 2.30. The number of carbonyl (C=O) groups excluding carboxylic acids is 1. The molecule has 3 rings (SSSR count). The Hall–Kier alpha value is -2.19. The van der Waals surface area contributed by atoms with Crippen LogP contribution in [0.15, 0.2) is 35.4 Å². The quantitative estimate of drug-likeness (QED) is 0.886. The van der Waals surface area contributed by atoms with Crippen molar-refractivity contribution in [2.24, 2.45) is 0 Å². The van der Waals surface area contributed by atoms with Gasteiger partial charge in [0.15, 0.2) is 0 Å². The zero-order valence-corrected chi connectivity index (χ0v) is 16.2. The van der Waals surface area contributed by atoms with E-state index < -0.39 is 16.1 Å². The minimum Gasteiger partial charge on any atom is -0.348 e. The summed E-state index contributed by atoms with van der Waals surface area (Å²) in [4.78, 5) is 16.9. The van der Waals surface area contributed by atoms with Crippen LogP contribution >= 0.6 is 0 Å². The van der Waals surface area contributed by atoms with Crippen molar-refractivity contribution in [1.82, 2.24) is 19.2 Å². The van der Waals surface area contributed by atoms with E-state index in [2.05, 4.69) is 10.3 Å². The van der Waals surface area contributed by atoms with E-state index in [1.165, 1.54) is 4.31 Å². The van der Waals surface area contributed by atoms with Crippen LogP contribution < -0.4 is 5.32 Å². The summed E-state index contributed by atoms with van der Waals surface area (Å²) in [5, 5.41) is 2.81. The molecule has 1 atom stereocenters. The van der Waals surface area contributed by atoms with Gasteiger partial charge in [-0.25, -0.2) is 13.4 Å². The predicted molar refractivity (Wildman–Crippen MR) is 98.3 cm³/mol. The van der Waals surface area contributed by atoms with Crippen LogP contribution in [0.25, 0.3) is 0 Å². The fourth-order valence-corrected chi connectivity index (χ4v) is 4.67. The number of nitrogens with one attached hydrogen (secondary N) is 1. The van der Waals surface area contributed by atoms with Crippen LogP contribution in [0.4, 0.5) is 0 Å². The molecule has 0 spiro atoms. The molecular formula is C18H24N4O3S. The van der Waals surface area contributed by atoms with Crippen molar-refractivity contribution in [2.45, 2.75) is 51.2 Å². The number of hydrogen-bond donors (Lipinski definition) is 1. The van der Waals surface area contributed by atoms with E-state index in [9.17, 15) is 13.2 Å². The van der Waals surface area contributed by atoms with Crippen molar-refractivity contribution in [3.05, 3.63) is 47.5 Å². The normalized spacial score (nSPS) is 18.0. The first kappa shape index (κ1) is 18.6. The first-order valence-electron chi connectivity index (χ1n) is 8.66. The topological polar surface area (TPSA) is 84.3 Å². The number of imidazole rings is 1. The second-order valence-corrected chi connectivity index (χ2v) is 8.80. The van der Waals surface area contributed by atoms with Crippen LogP contribution in [0, 0.1) is 6.92 Å². The molecule has 1 aromatic carbocycles. The van der Waals surface area contributed by atoms with E-state index in [1.54, 1.807) is 37.4 Å². The second kappa shape index (κ2) is 6.85. The Morgan fingerprint density at radius 3 is 2.50 bits per heavy atom. The Morgan fingerprint density at radius 2 is 1.88 bits per heavy atom. The zero-order valence-electron chi connectivity index (χ0n) is 15.4. The number of amides is 1. The molecule has 0 aliphatic carbocycles. The maximum absolute atomic E-state index is 13.0. The van der Waals surface area contributed by atoms with Gasteiger partial charge < -0.3 is 9.88 Å². The van der Waals surface area contributed by atoms with Gasteiger partial charge in [-0.1, -0.05) is 17.7 Å². The molecule has 0 fully saturated rings. The van der Waals surface area contributed by atoms with Gasteiger partial charge in [-0.3, -0.25) is 4.79 Å². The number of benzene rings is 1. The Kier molecular flexibility index (Phi) is 4.90. The molecule has 0 bridgehead atoms. The molecule has 1 aliphatic heterocycles. The van der Waals surface area contributed by atoms with Crippen LogP contribution in [-0.2, 0) is 16.6 Å². The third-order valence-corrected chi connectivity index (χ3v) is 6.44. The molecule has 2 heterocycles. The summed E-state index contributed by atoms with van der Waals surface area (Å²) in [6.07, 6.45) is 1.69. The summed E-state index contributed by atoms with van der Waals surface area (Å²) < 4.78 is 29.3. The molecule has 2 aromatic rings. The van der Waals surface area contributed by atoms with Crippen LogP contribution in [0.5, 0.6) is 0 Å². The van der Waals surface area contributed by atoms with Gasteiger partial charge in [-0.05, 0) is 39.8 Å². The summed E-state index contributed by atoms with van der Waals surface area (Å²) in [5.74, 6) is 0.336. The third kappa shape index (κ3) is 3.39. The van der Waals surface area contributed by atoms with Crippen molar-refractivity contribution in [3.8, 4) is 0 Å². The Morgan fingerprint density at radius 1 is 1.23 bits per heavy atom. The molecular weight excluding hydrogens is 352 g/mol. The lowest BCUT2D eigenvalue weighted by Crippen LogP contribution is -2.41. The number of fused-ring (bicyclic) bond motifs is 1. The first-order chi connectivity index (χ1) is 12.2. The number of sulfonamides is 1. The smallest absolute Gasteiger partial charge is 0.271 e. The molecule has 0 radical (unpaired) electrons. The SMILES string of the molecule is Cc1ccc(S(=O)(=O)N2CCn3cc(C(=O)NC(C)C)nc3[C@H]2C)cc1. The van der Waals surface area contributed by atoms with Gasteiger partial charge in [0.05, 0.1) is 10.9 Å². The van der Waals surface area contributed by atoms with E-state index in [4.69, 9.17) is 0 Å². The number of nitrogens with zero attached hydrogens (tertiary/aromatic N) is 3. The molecule has 26 heavy (non-hydrogen) atoms. The minimum atomic E-state index is -3.62. The van der Waals surface area contributed by atoms with Crippen LogP contribution in [0.1, 0.15) is 48.7 Å². The van der Waals surface area contributed by atoms with Crippen molar-refractivity contribution in [3.63, 3.8) is 0 Å². The van der Waals surface area contributed by atoms with E-state index in [0.717, 1.165) is 5.56 Å². The van der Waals surface area contributed by atoms with Gasteiger partial charge in [0, 0.05) is 25.3 Å². The monoisotopic (exact) mass is 376 g/mol. The van der Waals surface area contributed by atoms with Crippen LogP contribution in [-0.4, -0.2) is 40.8 Å². The maximum atomic E-state index is 13.0. The second-order valence-electron chi connectivity index (χ2n) is 6.91. The molecule has 0 unspecified atom stereocenters. The molecule has 1 aliphatic rings. The van der Waals surface area contributed by atoms with Gasteiger partial charge in [-0.15, -0.1) is 0 Å². The van der Waals surface area contributed by atoms with Gasteiger partial charge in [0.1, 0.15) is 11.5 Å². The summed E-state index contributed by atoms with van der Waals surface area (Å²) in [7, 11) is -3.62. The minimum absolute atomic E-state index is 0.0112. The van der Waals surface area contributed by atoms with Crippen molar-refractivity contribution in [2.75, 3.05) is 6.54 Å². The number of hydrogen-bond acceptors (Lipinski definition) is 4. The van der Waals surface area contributed by atoms with E-state index in [-0.39, 0.29) is 16.8 Å². The summed E-state index contributed by atoms with van der Waals surface area (Å²) in [6.45, 7) is 8.28. The highest BCUT2D eigenvalue weighted by Gasteiger charge is 2.35. The molecule has 0 saturated heterocycles. The van der Waals surface area contributed by atoms with E-state index >= 15 is 0 Å². The van der Waals surface area contributed by atoms with Gasteiger partial charge in [0.2, 0.25) is 10.0 Å². The van der Waals surface area contributed by atoms with E-state index in [1.807, 2.05) is 25.3 Å². The van der Waals surface area contributed by atoms with Gasteiger partial charge in [-0.2, -0.15) is 4.31 Å². The molecule has 1 amide bonds. The van der Waals surface area contributed by atoms with Crippen LogP contribution in [0.3, 0.4) is 0 Å². The average Bonchev–Trinajstić information content (AvgIpc) is 3.00. The van der Waals surface area contributed by atoms with Gasteiger partial charge in [0.25, 0.3) is 5.91 Å². The Balaban J connectivity index is 1.90. The average molecular weight is 376 g/mol. The molecule has 1 aromatic heterocycles. The number of aryl methyl sites for hydroxylation is 1. The zero-order chi connectivity index (χ0) is 19.1. The summed E-state index contributed by atoms with van der Waals surface area (Å²) in [6, 6.07) is 6.39. The van der Waals surface area contributed by atoms with Crippen LogP contribution in [0.2, 0.25) is 0 Å². The Bertz CT molecular complexity index is 916. The predicted octanol–water partition coefficient (Wildman–Crippen LogP) is 2.10. The van der Waals surface area contributed by atoms with Gasteiger partial charge >= 0.3 is 0 Å². The molecule has 7 nitrogen and oxygen atoms in total. The summed E-state index contributed by atoms with van der Waals surface area (Å²) in [5.41, 5.74) is 1.32. The lowest BCUT2D eigenvalue weighted by atomic mass is 10.2. The number of carbonyl (C=O) groups is 1.